The highest BCUT2D eigenvalue weighted by Gasteiger charge is 2.14. The Hall–Kier alpha value is -1.82. The molecule has 8 nitrogen and oxygen atoms in total. The Morgan fingerprint density at radius 1 is 0.667 bits per heavy atom. The van der Waals surface area contributed by atoms with Gasteiger partial charge in [-0.25, -0.2) is 27.1 Å². The monoisotopic (exact) mass is 456 g/mol. The second-order valence-electron chi connectivity index (χ2n) is 7.04. The van der Waals surface area contributed by atoms with Gasteiger partial charge < -0.3 is 9.47 Å². The molecule has 2 aromatic carbocycles. The number of hydrogen-bond donors (Lipinski definition) is 2. The molecule has 0 fully saturated rings. The van der Waals surface area contributed by atoms with Crippen LogP contribution >= 0.6 is 0 Å². The third-order valence-electron chi connectivity index (χ3n) is 4.45. The zero-order valence-electron chi connectivity index (χ0n) is 17.1. The van der Waals surface area contributed by atoms with Crippen LogP contribution in [0.5, 0.6) is 0 Å². The molecule has 0 aliphatic heterocycles. The summed E-state index contributed by atoms with van der Waals surface area (Å²) in [5.41, 5.74) is 3.12. The Labute approximate surface area is 178 Å². The quantitative estimate of drug-likeness (QED) is 0.490. The molecule has 30 heavy (non-hydrogen) atoms. The van der Waals surface area contributed by atoms with Gasteiger partial charge in [0.05, 0.1) is 36.2 Å². The van der Waals surface area contributed by atoms with Crippen LogP contribution < -0.4 is 10.3 Å². The maximum Gasteiger partial charge on any atom is 0.238 e. The van der Waals surface area contributed by atoms with Crippen molar-refractivity contribution in [2.75, 3.05) is 26.4 Å². The largest absolute Gasteiger partial charge is 0.379 e. The molecule has 0 atom stereocenters. The van der Waals surface area contributed by atoms with Crippen LogP contribution in [0.4, 0.5) is 0 Å². The van der Waals surface area contributed by atoms with Crippen LogP contribution in [0.15, 0.2) is 46.2 Å². The highest BCUT2D eigenvalue weighted by molar-refractivity contribution is 7.89. The summed E-state index contributed by atoms with van der Waals surface area (Å²) in [7, 11) is -7.56. The molecule has 0 heterocycles. The van der Waals surface area contributed by atoms with Gasteiger partial charge in [-0.2, -0.15) is 0 Å². The van der Waals surface area contributed by atoms with E-state index < -0.39 is 20.0 Å². The van der Waals surface area contributed by atoms with Gasteiger partial charge in [0, 0.05) is 0 Å². The van der Waals surface area contributed by atoms with E-state index in [1.165, 1.54) is 12.1 Å². The topological polar surface area (TPSA) is 139 Å². The molecule has 0 unspecified atom stereocenters. The van der Waals surface area contributed by atoms with E-state index in [2.05, 4.69) is 0 Å². The van der Waals surface area contributed by atoms with Gasteiger partial charge in [-0.15, -0.1) is 0 Å². The lowest BCUT2D eigenvalue weighted by atomic mass is 10.1. The Morgan fingerprint density at radius 2 is 1.03 bits per heavy atom. The summed E-state index contributed by atoms with van der Waals surface area (Å²) < 4.78 is 57.7. The fourth-order valence-electron chi connectivity index (χ4n) is 3.05. The predicted molar refractivity (Wildman–Crippen MR) is 114 cm³/mol. The molecule has 0 saturated heterocycles. The number of sulfonamides is 2. The first-order valence-electron chi connectivity index (χ1n) is 9.38. The van der Waals surface area contributed by atoms with E-state index in [9.17, 15) is 16.8 Å². The van der Waals surface area contributed by atoms with Crippen molar-refractivity contribution in [2.45, 2.75) is 36.5 Å². The Bertz CT molecular complexity index is 995. The van der Waals surface area contributed by atoms with Gasteiger partial charge in [0.15, 0.2) is 0 Å². The van der Waals surface area contributed by atoms with Gasteiger partial charge in [0.1, 0.15) is 0 Å². The molecule has 0 aliphatic carbocycles. The maximum absolute atomic E-state index is 11.7. The van der Waals surface area contributed by atoms with Crippen LogP contribution in [-0.2, 0) is 42.4 Å². The van der Waals surface area contributed by atoms with Crippen molar-refractivity contribution in [1.29, 1.82) is 0 Å². The van der Waals surface area contributed by atoms with Crippen LogP contribution in [-0.4, -0.2) is 43.3 Å². The van der Waals surface area contributed by atoms with Gasteiger partial charge in [-0.3, -0.25) is 0 Å². The van der Waals surface area contributed by atoms with Gasteiger partial charge in [-0.05, 0) is 49.9 Å². The van der Waals surface area contributed by atoms with E-state index in [0.29, 0.717) is 50.4 Å². The second-order valence-corrected chi connectivity index (χ2v) is 10.1. The molecule has 2 rings (SSSR count). The van der Waals surface area contributed by atoms with E-state index in [-0.39, 0.29) is 9.79 Å². The Morgan fingerprint density at radius 3 is 1.37 bits per heavy atom. The molecule has 10 heteroatoms. The lowest BCUT2D eigenvalue weighted by Crippen LogP contribution is -2.16. The van der Waals surface area contributed by atoms with Crippen molar-refractivity contribution in [3.8, 4) is 0 Å². The van der Waals surface area contributed by atoms with E-state index in [1.807, 2.05) is 13.8 Å². The van der Waals surface area contributed by atoms with Gasteiger partial charge >= 0.3 is 0 Å². The number of nitrogens with two attached hydrogens (primary N) is 2. The number of aryl methyl sites for hydroxylation is 2. The highest BCUT2D eigenvalue weighted by Crippen LogP contribution is 2.18. The zero-order chi connectivity index (χ0) is 22.4. The van der Waals surface area contributed by atoms with Crippen LogP contribution in [0.2, 0.25) is 0 Å². The third kappa shape index (κ3) is 7.46. The van der Waals surface area contributed by atoms with Crippen LogP contribution in [0.25, 0.3) is 0 Å². The molecule has 4 N–H and O–H groups in total. The first-order chi connectivity index (χ1) is 14.0. The van der Waals surface area contributed by atoms with Crippen molar-refractivity contribution in [3.05, 3.63) is 58.7 Å². The number of primary sulfonamides is 2. The zero-order valence-corrected chi connectivity index (χ0v) is 18.8. The Balaban J connectivity index is 1.76. The third-order valence-corrected chi connectivity index (χ3v) is 6.47. The van der Waals surface area contributed by atoms with E-state index >= 15 is 0 Å². The summed E-state index contributed by atoms with van der Waals surface area (Å²) in [6.45, 7) is 5.05. The lowest BCUT2D eigenvalue weighted by Gasteiger charge is -2.11. The molecule has 0 aliphatic rings. The minimum atomic E-state index is -3.78. The van der Waals surface area contributed by atoms with Gasteiger partial charge in [-0.1, -0.05) is 35.4 Å². The summed E-state index contributed by atoms with van der Waals surface area (Å²) in [6, 6.07) is 9.98. The van der Waals surface area contributed by atoms with E-state index in [0.717, 1.165) is 11.1 Å². The molecular weight excluding hydrogens is 428 g/mol. The fourth-order valence-corrected chi connectivity index (χ4v) is 4.62. The molecule has 0 saturated carbocycles. The minimum absolute atomic E-state index is 0.108. The molecule has 0 bridgehead atoms. The summed E-state index contributed by atoms with van der Waals surface area (Å²) in [6.07, 6.45) is 0.822. The first kappa shape index (κ1) is 24.4. The number of ether oxygens (including phenoxy) is 2. The number of rotatable bonds is 11. The van der Waals surface area contributed by atoms with Crippen molar-refractivity contribution in [2.24, 2.45) is 10.3 Å². The molecule has 0 spiro atoms. The minimum Gasteiger partial charge on any atom is -0.379 e. The molecular formula is C20H28N2O6S2. The smallest absolute Gasteiger partial charge is 0.238 e. The van der Waals surface area contributed by atoms with Crippen LogP contribution in [0.3, 0.4) is 0 Å². The summed E-state index contributed by atoms with van der Waals surface area (Å²) >= 11 is 0. The maximum atomic E-state index is 11.7. The van der Waals surface area contributed by atoms with Crippen molar-refractivity contribution < 1.29 is 26.3 Å². The summed E-state index contributed by atoms with van der Waals surface area (Å²) in [5.74, 6) is 0. The molecule has 0 aromatic heterocycles. The highest BCUT2D eigenvalue weighted by atomic mass is 32.2. The van der Waals surface area contributed by atoms with Crippen LogP contribution in [0.1, 0.15) is 22.3 Å². The average Bonchev–Trinajstić information content (AvgIpc) is 2.62. The number of benzene rings is 2. The molecule has 2 aromatic rings. The van der Waals surface area contributed by atoms with Gasteiger partial charge in [0.25, 0.3) is 0 Å². The van der Waals surface area contributed by atoms with Crippen molar-refractivity contribution in [3.63, 3.8) is 0 Å². The van der Waals surface area contributed by atoms with Crippen molar-refractivity contribution in [1.82, 2.24) is 0 Å². The fraction of sp³-hybridized carbons (Fsp3) is 0.400. The van der Waals surface area contributed by atoms with E-state index in [1.54, 1.807) is 24.3 Å². The average molecular weight is 457 g/mol. The first-order valence-corrected chi connectivity index (χ1v) is 12.5. The molecule has 0 radical (unpaired) electrons. The lowest BCUT2D eigenvalue weighted by molar-refractivity contribution is 0.0498. The predicted octanol–water partition coefficient (Wildman–Crippen LogP) is 1.42. The van der Waals surface area contributed by atoms with Crippen molar-refractivity contribution >= 4 is 20.0 Å². The van der Waals surface area contributed by atoms with Gasteiger partial charge in [0.2, 0.25) is 20.0 Å². The van der Waals surface area contributed by atoms with Crippen LogP contribution in [0, 0.1) is 13.8 Å². The number of hydrogen-bond acceptors (Lipinski definition) is 6. The normalized spacial score (nSPS) is 12.3. The molecule has 0 amide bonds. The van der Waals surface area contributed by atoms with E-state index in [4.69, 9.17) is 19.8 Å². The summed E-state index contributed by atoms with van der Waals surface area (Å²) in [4.78, 5) is 0.216. The summed E-state index contributed by atoms with van der Waals surface area (Å²) in [5, 5.41) is 10.5. The second kappa shape index (κ2) is 10.5. The SMILES string of the molecule is Cc1ccc(S(N)(=O)=O)c(CCOCCOCCc2cc(C)ccc2S(N)(=O)=O)c1. The Kier molecular flexibility index (Phi) is 8.53. The molecule has 166 valence electrons. The standard InChI is InChI=1S/C20H28N2O6S2/c1-15-3-5-19(29(21,23)24)17(13-15)7-9-27-11-12-28-10-8-18-14-16(2)4-6-20(18)30(22,25)26/h3-6,13-14H,7-12H2,1-2H3,(H2,21,23,24)(H2,22,25,26).